The van der Waals surface area contributed by atoms with Crippen LogP contribution in [-0.4, -0.2) is 34.1 Å². The minimum atomic E-state index is -0.634. The topological polar surface area (TPSA) is 69.9 Å². The standard InChI is InChI=1S/C29H40O4/c1-19(18-33-25-8-4-6-21(14-25)17-30)26-11-12-27-22(7-5-13-29(26,27)3)9-10-23-15-24(31)16-28(32)20(23)2/h4,6,8-10,14,19,24,26-28,30-32H,2,5,7,11-13,15-18H2,1,3H3/b22-9+,23-10-/t19-,24+,26?,27?,28-,29+/m0/s1. The number of hydrogen-bond donors (Lipinski definition) is 3. The number of hydrogen-bond acceptors (Lipinski definition) is 4. The highest BCUT2D eigenvalue weighted by molar-refractivity contribution is 5.38. The van der Waals surface area contributed by atoms with Crippen LogP contribution in [0, 0.1) is 23.2 Å². The summed E-state index contributed by atoms with van der Waals surface area (Å²) in [4.78, 5) is 0. The van der Waals surface area contributed by atoms with E-state index in [1.54, 1.807) is 0 Å². The molecule has 4 nitrogen and oxygen atoms in total. The fourth-order valence-electron chi connectivity index (χ4n) is 6.76. The van der Waals surface area contributed by atoms with E-state index in [-0.39, 0.29) is 12.0 Å². The van der Waals surface area contributed by atoms with Gasteiger partial charge in [0.15, 0.2) is 0 Å². The van der Waals surface area contributed by atoms with Gasteiger partial charge in [-0.1, -0.05) is 50.3 Å². The second kappa shape index (κ2) is 10.2. The van der Waals surface area contributed by atoms with Crippen molar-refractivity contribution in [1.29, 1.82) is 0 Å². The highest BCUT2D eigenvalue weighted by atomic mass is 16.5. The smallest absolute Gasteiger partial charge is 0.119 e. The van der Waals surface area contributed by atoms with Crippen LogP contribution in [0.1, 0.15) is 64.4 Å². The SMILES string of the molecule is C=C1/C(=C\C=C2/CCC[C@@]3(C)C2CCC3[C@@H](C)COc2cccc(CO)c2)C[C@@H](O)C[C@@H]1O. The fourth-order valence-corrected chi connectivity index (χ4v) is 6.76. The van der Waals surface area contributed by atoms with Gasteiger partial charge in [-0.05, 0) is 90.5 Å². The molecule has 0 saturated heterocycles. The van der Waals surface area contributed by atoms with Gasteiger partial charge in [0.2, 0.25) is 0 Å². The first kappa shape index (κ1) is 24.3. The van der Waals surface area contributed by atoms with Crippen LogP contribution in [0.25, 0.3) is 0 Å². The third-order valence-corrected chi connectivity index (χ3v) is 8.58. The molecule has 0 bridgehead atoms. The lowest BCUT2D eigenvalue weighted by atomic mass is 9.61. The van der Waals surface area contributed by atoms with E-state index < -0.39 is 12.2 Å². The summed E-state index contributed by atoms with van der Waals surface area (Å²) in [6.45, 7) is 9.59. The van der Waals surface area contributed by atoms with E-state index in [1.807, 2.05) is 24.3 Å². The molecule has 2 unspecified atom stereocenters. The number of allylic oxidation sites excluding steroid dienone is 3. The molecule has 0 radical (unpaired) electrons. The molecule has 4 heteroatoms. The van der Waals surface area contributed by atoms with Crippen molar-refractivity contribution in [3.8, 4) is 5.75 Å². The molecule has 6 atom stereocenters. The summed E-state index contributed by atoms with van der Waals surface area (Å²) in [5.41, 5.74) is 4.43. The molecule has 1 aromatic carbocycles. The predicted octanol–water partition coefficient (Wildman–Crippen LogP) is 5.33. The second-order valence-corrected chi connectivity index (χ2v) is 10.8. The van der Waals surface area contributed by atoms with Crippen molar-refractivity contribution in [1.82, 2.24) is 0 Å². The van der Waals surface area contributed by atoms with Crippen LogP contribution >= 0.6 is 0 Å². The van der Waals surface area contributed by atoms with Gasteiger partial charge < -0.3 is 20.1 Å². The Morgan fingerprint density at radius 3 is 2.85 bits per heavy atom. The third-order valence-electron chi connectivity index (χ3n) is 8.58. The monoisotopic (exact) mass is 452 g/mol. The minimum Gasteiger partial charge on any atom is -0.493 e. The summed E-state index contributed by atoms with van der Waals surface area (Å²) >= 11 is 0. The molecule has 3 N–H and O–H groups in total. The van der Waals surface area contributed by atoms with Gasteiger partial charge >= 0.3 is 0 Å². The Morgan fingerprint density at radius 2 is 2.06 bits per heavy atom. The zero-order valence-electron chi connectivity index (χ0n) is 20.2. The van der Waals surface area contributed by atoms with Gasteiger partial charge in [-0.15, -0.1) is 0 Å². The molecule has 180 valence electrons. The van der Waals surface area contributed by atoms with Crippen molar-refractivity contribution in [2.24, 2.45) is 23.2 Å². The Kier molecular flexibility index (Phi) is 7.47. The van der Waals surface area contributed by atoms with E-state index in [1.165, 1.54) is 31.3 Å². The van der Waals surface area contributed by atoms with E-state index in [0.717, 1.165) is 28.9 Å². The molecule has 3 saturated carbocycles. The molecular weight excluding hydrogens is 412 g/mol. The highest BCUT2D eigenvalue weighted by Crippen LogP contribution is 2.59. The van der Waals surface area contributed by atoms with E-state index in [9.17, 15) is 15.3 Å². The van der Waals surface area contributed by atoms with Gasteiger partial charge in [-0.3, -0.25) is 0 Å². The van der Waals surface area contributed by atoms with E-state index >= 15 is 0 Å². The highest BCUT2D eigenvalue weighted by Gasteiger charge is 2.50. The van der Waals surface area contributed by atoms with Crippen LogP contribution in [0.2, 0.25) is 0 Å². The van der Waals surface area contributed by atoms with Crippen LogP contribution in [0.4, 0.5) is 0 Å². The number of aliphatic hydroxyl groups excluding tert-OH is 3. The maximum atomic E-state index is 10.2. The lowest BCUT2D eigenvalue weighted by molar-refractivity contribution is 0.0746. The summed E-state index contributed by atoms with van der Waals surface area (Å²) in [5, 5.41) is 29.6. The van der Waals surface area contributed by atoms with E-state index in [0.29, 0.717) is 37.2 Å². The molecule has 0 aromatic heterocycles. The number of aliphatic hydroxyl groups is 3. The Balaban J connectivity index is 1.45. The minimum absolute atomic E-state index is 0.0334. The summed E-state index contributed by atoms with van der Waals surface area (Å²) in [7, 11) is 0. The first-order valence-electron chi connectivity index (χ1n) is 12.6. The van der Waals surface area contributed by atoms with E-state index in [4.69, 9.17) is 4.74 Å². The molecule has 0 heterocycles. The Morgan fingerprint density at radius 1 is 1.24 bits per heavy atom. The van der Waals surface area contributed by atoms with Crippen LogP contribution in [0.3, 0.4) is 0 Å². The fraction of sp³-hybridized carbons (Fsp3) is 0.586. The maximum absolute atomic E-state index is 10.2. The molecule has 3 aliphatic rings. The lowest BCUT2D eigenvalue weighted by Crippen LogP contribution is -2.37. The second-order valence-electron chi connectivity index (χ2n) is 10.8. The summed E-state index contributed by atoms with van der Waals surface area (Å²) < 4.78 is 6.14. The number of rotatable bonds is 6. The molecule has 3 aliphatic carbocycles. The Hall–Kier alpha value is -1.88. The number of benzene rings is 1. The average molecular weight is 453 g/mol. The maximum Gasteiger partial charge on any atom is 0.119 e. The van der Waals surface area contributed by atoms with Crippen molar-refractivity contribution in [3.05, 3.63) is 65.3 Å². The molecule has 33 heavy (non-hydrogen) atoms. The van der Waals surface area contributed by atoms with Crippen LogP contribution in [0.5, 0.6) is 5.75 Å². The lowest BCUT2D eigenvalue weighted by Gasteiger charge is -2.44. The van der Waals surface area contributed by atoms with Crippen molar-refractivity contribution >= 4 is 0 Å². The van der Waals surface area contributed by atoms with Crippen molar-refractivity contribution < 1.29 is 20.1 Å². The summed E-state index contributed by atoms with van der Waals surface area (Å²) in [6.07, 6.45) is 10.3. The quantitative estimate of drug-likeness (QED) is 0.545. The Labute approximate surface area is 198 Å². The molecule has 0 aliphatic heterocycles. The zero-order valence-corrected chi connectivity index (χ0v) is 20.2. The van der Waals surface area contributed by atoms with Gasteiger partial charge in [-0.25, -0.2) is 0 Å². The summed E-state index contributed by atoms with van der Waals surface area (Å²) in [6, 6.07) is 7.74. The van der Waals surface area contributed by atoms with Gasteiger partial charge in [0, 0.05) is 6.42 Å². The molecule has 1 aromatic rings. The van der Waals surface area contributed by atoms with Crippen molar-refractivity contribution in [2.45, 2.75) is 77.6 Å². The van der Waals surface area contributed by atoms with Crippen molar-refractivity contribution in [2.75, 3.05) is 6.61 Å². The van der Waals surface area contributed by atoms with Gasteiger partial charge in [0.25, 0.3) is 0 Å². The molecule has 0 amide bonds. The van der Waals surface area contributed by atoms with Gasteiger partial charge in [0.05, 0.1) is 25.4 Å². The number of ether oxygens (including phenoxy) is 1. The Bertz CT molecular complexity index is 916. The first-order valence-corrected chi connectivity index (χ1v) is 12.6. The normalized spacial score (nSPS) is 35.6. The zero-order chi connectivity index (χ0) is 23.6. The molecular formula is C29H40O4. The number of fused-ring (bicyclic) bond motifs is 1. The van der Waals surface area contributed by atoms with Gasteiger partial charge in [0.1, 0.15) is 5.75 Å². The van der Waals surface area contributed by atoms with Gasteiger partial charge in [-0.2, -0.15) is 0 Å². The van der Waals surface area contributed by atoms with Crippen LogP contribution in [0.15, 0.2) is 59.7 Å². The molecule has 3 fully saturated rings. The van der Waals surface area contributed by atoms with Crippen LogP contribution < -0.4 is 4.74 Å². The first-order chi connectivity index (χ1) is 15.8. The van der Waals surface area contributed by atoms with E-state index in [2.05, 4.69) is 32.6 Å². The summed E-state index contributed by atoms with van der Waals surface area (Å²) in [5.74, 6) is 2.49. The van der Waals surface area contributed by atoms with Crippen LogP contribution in [-0.2, 0) is 6.61 Å². The molecule has 4 rings (SSSR count). The van der Waals surface area contributed by atoms with Crippen molar-refractivity contribution in [3.63, 3.8) is 0 Å². The molecule has 0 spiro atoms. The predicted molar refractivity (Wildman–Crippen MR) is 132 cm³/mol. The average Bonchev–Trinajstić information content (AvgIpc) is 3.16. The largest absolute Gasteiger partial charge is 0.493 e. The third kappa shape index (κ3) is 5.13.